The SMILES string of the molecule is CC(c1cccc(N(C(=O)O)C(C)C)c1)N(C)C. The van der Waals surface area contributed by atoms with Gasteiger partial charge in [-0.15, -0.1) is 0 Å². The summed E-state index contributed by atoms with van der Waals surface area (Å²) in [6.45, 7) is 5.84. The predicted molar refractivity (Wildman–Crippen MR) is 74.2 cm³/mol. The molecule has 0 heterocycles. The van der Waals surface area contributed by atoms with Gasteiger partial charge < -0.3 is 10.0 Å². The van der Waals surface area contributed by atoms with E-state index in [1.54, 1.807) is 0 Å². The maximum atomic E-state index is 11.3. The molecule has 1 atom stereocenters. The molecule has 1 N–H and O–H groups in total. The van der Waals surface area contributed by atoms with Crippen molar-refractivity contribution >= 4 is 11.8 Å². The molecule has 0 spiro atoms. The van der Waals surface area contributed by atoms with Crippen LogP contribution in [0.15, 0.2) is 24.3 Å². The fraction of sp³-hybridized carbons (Fsp3) is 0.500. The summed E-state index contributed by atoms with van der Waals surface area (Å²) in [4.78, 5) is 14.7. The number of carbonyl (C=O) groups is 1. The fourth-order valence-electron chi connectivity index (χ4n) is 1.86. The highest BCUT2D eigenvalue weighted by Gasteiger charge is 2.19. The predicted octanol–water partition coefficient (Wildman–Crippen LogP) is 3.20. The molecule has 0 aromatic heterocycles. The number of nitrogens with zero attached hydrogens (tertiary/aromatic N) is 2. The Morgan fingerprint density at radius 2 is 1.83 bits per heavy atom. The fourth-order valence-corrected chi connectivity index (χ4v) is 1.86. The molecule has 1 amide bonds. The number of carboxylic acid groups (broad SMARTS) is 1. The molecule has 0 aliphatic heterocycles. The van der Waals surface area contributed by atoms with Crippen LogP contribution in [0.2, 0.25) is 0 Å². The van der Waals surface area contributed by atoms with Crippen molar-refractivity contribution in [1.82, 2.24) is 4.90 Å². The third-order valence-corrected chi connectivity index (χ3v) is 3.13. The smallest absolute Gasteiger partial charge is 0.412 e. The van der Waals surface area contributed by atoms with Gasteiger partial charge in [0, 0.05) is 17.8 Å². The first-order valence-electron chi connectivity index (χ1n) is 6.13. The lowest BCUT2D eigenvalue weighted by atomic mass is 10.1. The van der Waals surface area contributed by atoms with Gasteiger partial charge in [-0.05, 0) is 52.6 Å². The van der Waals surface area contributed by atoms with Crippen LogP contribution in [0.25, 0.3) is 0 Å². The Hall–Kier alpha value is -1.55. The average molecular weight is 250 g/mol. The van der Waals surface area contributed by atoms with Crippen LogP contribution in [0.5, 0.6) is 0 Å². The van der Waals surface area contributed by atoms with Gasteiger partial charge in [0.1, 0.15) is 0 Å². The molecule has 1 aromatic carbocycles. The van der Waals surface area contributed by atoms with Crippen molar-refractivity contribution in [1.29, 1.82) is 0 Å². The Kier molecular flexibility index (Phi) is 4.73. The van der Waals surface area contributed by atoms with Crippen molar-refractivity contribution in [3.05, 3.63) is 29.8 Å². The Bertz CT molecular complexity index is 416. The molecule has 18 heavy (non-hydrogen) atoms. The maximum Gasteiger partial charge on any atom is 0.412 e. The molecule has 0 fully saturated rings. The first kappa shape index (κ1) is 14.5. The molecule has 1 unspecified atom stereocenters. The van der Waals surface area contributed by atoms with E-state index >= 15 is 0 Å². The van der Waals surface area contributed by atoms with Crippen LogP contribution < -0.4 is 4.90 Å². The third-order valence-electron chi connectivity index (χ3n) is 3.13. The molecule has 4 heteroatoms. The maximum absolute atomic E-state index is 11.3. The highest BCUT2D eigenvalue weighted by atomic mass is 16.4. The quantitative estimate of drug-likeness (QED) is 0.892. The van der Waals surface area contributed by atoms with Crippen molar-refractivity contribution < 1.29 is 9.90 Å². The second kappa shape index (κ2) is 5.87. The van der Waals surface area contributed by atoms with Gasteiger partial charge >= 0.3 is 6.09 Å². The van der Waals surface area contributed by atoms with E-state index < -0.39 is 6.09 Å². The van der Waals surface area contributed by atoms with E-state index in [0.717, 1.165) is 11.3 Å². The highest BCUT2D eigenvalue weighted by molar-refractivity contribution is 5.86. The Labute approximate surface area is 109 Å². The number of rotatable bonds is 4. The third kappa shape index (κ3) is 3.23. The second-order valence-electron chi connectivity index (χ2n) is 4.98. The number of hydrogen-bond donors (Lipinski definition) is 1. The summed E-state index contributed by atoms with van der Waals surface area (Å²) in [5.41, 5.74) is 1.84. The van der Waals surface area contributed by atoms with Crippen molar-refractivity contribution in [3.8, 4) is 0 Å². The first-order chi connectivity index (χ1) is 8.34. The second-order valence-corrected chi connectivity index (χ2v) is 4.98. The van der Waals surface area contributed by atoms with E-state index in [1.807, 2.05) is 52.2 Å². The summed E-state index contributed by atoms with van der Waals surface area (Å²) in [6.07, 6.45) is -0.917. The van der Waals surface area contributed by atoms with Crippen LogP contribution in [-0.2, 0) is 0 Å². The van der Waals surface area contributed by atoms with Gasteiger partial charge in [0.2, 0.25) is 0 Å². The van der Waals surface area contributed by atoms with Crippen LogP contribution >= 0.6 is 0 Å². The molecule has 1 rings (SSSR count). The van der Waals surface area contributed by atoms with Crippen LogP contribution in [-0.4, -0.2) is 36.2 Å². The minimum Gasteiger partial charge on any atom is -0.465 e. The minimum absolute atomic E-state index is 0.0765. The minimum atomic E-state index is -0.917. The summed E-state index contributed by atoms with van der Waals surface area (Å²) >= 11 is 0. The number of amides is 1. The van der Waals surface area contributed by atoms with E-state index in [0.29, 0.717) is 0 Å². The number of hydrogen-bond acceptors (Lipinski definition) is 2. The van der Waals surface area contributed by atoms with E-state index in [9.17, 15) is 9.90 Å². The monoisotopic (exact) mass is 250 g/mol. The summed E-state index contributed by atoms with van der Waals surface area (Å²) in [5.74, 6) is 0. The summed E-state index contributed by atoms with van der Waals surface area (Å²) in [5, 5.41) is 9.25. The summed E-state index contributed by atoms with van der Waals surface area (Å²) in [7, 11) is 4.02. The van der Waals surface area contributed by atoms with E-state index in [2.05, 4.69) is 11.8 Å². The Morgan fingerprint density at radius 3 is 2.28 bits per heavy atom. The van der Waals surface area contributed by atoms with Gasteiger partial charge in [0.25, 0.3) is 0 Å². The van der Waals surface area contributed by atoms with Gasteiger partial charge in [-0.2, -0.15) is 0 Å². The average Bonchev–Trinajstić information content (AvgIpc) is 2.27. The topological polar surface area (TPSA) is 43.8 Å². The molecule has 0 aliphatic carbocycles. The lowest BCUT2D eigenvalue weighted by molar-refractivity contribution is 0.200. The van der Waals surface area contributed by atoms with Crippen molar-refractivity contribution in [2.75, 3.05) is 19.0 Å². The van der Waals surface area contributed by atoms with Crippen molar-refractivity contribution in [2.24, 2.45) is 0 Å². The van der Waals surface area contributed by atoms with Crippen LogP contribution in [0, 0.1) is 0 Å². The van der Waals surface area contributed by atoms with E-state index in [1.165, 1.54) is 4.90 Å². The van der Waals surface area contributed by atoms with Gasteiger partial charge in [0.05, 0.1) is 0 Å². The summed E-state index contributed by atoms with van der Waals surface area (Å²) in [6, 6.07) is 7.89. The van der Waals surface area contributed by atoms with Crippen molar-refractivity contribution in [3.63, 3.8) is 0 Å². The molecule has 0 radical (unpaired) electrons. The molecular formula is C14H22N2O2. The van der Waals surface area contributed by atoms with Crippen LogP contribution in [0.3, 0.4) is 0 Å². The standard InChI is InChI=1S/C14H22N2O2/c1-10(2)16(14(17)18)13-8-6-7-12(9-13)11(3)15(4)5/h6-11H,1-5H3,(H,17,18). The highest BCUT2D eigenvalue weighted by Crippen LogP contribution is 2.24. The molecule has 1 aromatic rings. The molecule has 0 saturated heterocycles. The molecule has 100 valence electrons. The zero-order chi connectivity index (χ0) is 13.9. The molecule has 4 nitrogen and oxygen atoms in total. The Balaban J connectivity index is 3.11. The van der Waals surface area contributed by atoms with E-state index in [4.69, 9.17) is 0 Å². The molecule has 0 saturated carbocycles. The first-order valence-corrected chi connectivity index (χ1v) is 6.13. The van der Waals surface area contributed by atoms with Gasteiger partial charge in [-0.25, -0.2) is 4.79 Å². The Morgan fingerprint density at radius 1 is 1.22 bits per heavy atom. The lowest BCUT2D eigenvalue weighted by Crippen LogP contribution is -2.35. The lowest BCUT2D eigenvalue weighted by Gasteiger charge is -2.26. The van der Waals surface area contributed by atoms with Crippen molar-refractivity contribution in [2.45, 2.75) is 32.9 Å². The van der Waals surface area contributed by atoms with Gasteiger partial charge in [0.15, 0.2) is 0 Å². The van der Waals surface area contributed by atoms with Crippen LogP contribution in [0.4, 0.5) is 10.5 Å². The molecular weight excluding hydrogens is 228 g/mol. The van der Waals surface area contributed by atoms with Gasteiger partial charge in [-0.3, -0.25) is 4.90 Å². The van der Waals surface area contributed by atoms with E-state index in [-0.39, 0.29) is 12.1 Å². The molecule has 0 aliphatic rings. The normalized spacial score (nSPS) is 12.8. The number of anilines is 1. The number of benzene rings is 1. The zero-order valence-corrected chi connectivity index (χ0v) is 11.7. The largest absolute Gasteiger partial charge is 0.465 e. The summed E-state index contributed by atoms with van der Waals surface area (Å²) < 4.78 is 0. The van der Waals surface area contributed by atoms with Crippen LogP contribution in [0.1, 0.15) is 32.4 Å². The zero-order valence-electron chi connectivity index (χ0n) is 11.7. The molecule has 0 bridgehead atoms. The van der Waals surface area contributed by atoms with Gasteiger partial charge in [-0.1, -0.05) is 12.1 Å².